The summed E-state index contributed by atoms with van der Waals surface area (Å²) in [6, 6.07) is 1.84. The van der Waals surface area contributed by atoms with Crippen molar-refractivity contribution in [3.63, 3.8) is 0 Å². The van der Waals surface area contributed by atoms with Crippen molar-refractivity contribution in [1.29, 1.82) is 0 Å². The highest BCUT2D eigenvalue weighted by Gasteiger charge is 2.62. The SMILES string of the molecule is COC(=O)[C@@]12C[C@@H]1/C=C\CCCCC[C@H](NC(=O)O[C@H]1CCOC1)C(=O)N1C[C@H](Oc3nc(-c4cc(C)nn4C)nc4ccsc34)C[C@H]1C(=O)N2. The van der Waals surface area contributed by atoms with Crippen LogP contribution in [0.1, 0.15) is 57.1 Å². The third-order valence-electron chi connectivity index (χ3n) is 10.0. The van der Waals surface area contributed by atoms with Crippen molar-refractivity contribution in [3.05, 3.63) is 35.4 Å². The zero-order valence-corrected chi connectivity index (χ0v) is 29.8. The van der Waals surface area contributed by atoms with Gasteiger partial charge in [-0.3, -0.25) is 14.3 Å². The fourth-order valence-electron chi connectivity index (χ4n) is 7.26. The molecule has 0 spiro atoms. The summed E-state index contributed by atoms with van der Waals surface area (Å²) in [6.07, 6.45) is 6.88. The number of amides is 3. The van der Waals surface area contributed by atoms with E-state index in [9.17, 15) is 19.2 Å². The topological polar surface area (TPSA) is 176 Å². The first kappa shape index (κ1) is 34.9. The Balaban J connectivity index is 1.19. The van der Waals surface area contributed by atoms with Crippen LogP contribution in [0.5, 0.6) is 5.88 Å². The molecule has 0 aromatic carbocycles. The molecule has 16 heteroatoms. The average molecular weight is 722 g/mol. The van der Waals surface area contributed by atoms with Gasteiger partial charge in [0.15, 0.2) is 5.82 Å². The van der Waals surface area contributed by atoms with E-state index >= 15 is 0 Å². The van der Waals surface area contributed by atoms with Gasteiger partial charge < -0.3 is 34.5 Å². The Hall–Kier alpha value is -4.57. The van der Waals surface area contributed by atoms with Gasteiger partial charge in [0.1, 0.15) is 40.2 Å². The van der Waals surface area contributed by atoms with Gasteiger partial charge in [0.05, 0.1) is 38.1 Å². The third-order valence-corrected chi connectivity index (χ3v) is 10.9. The maximum absolute atomic E-state index is 14.5. The van der Waals surface area contributed by atoms with Crippen LogP contribution in [0, 0.1) is 12.8 Å². The first-order valence-corrected chi connectivity index (χ1v) is 18.4. The van der Waals surface area contributed by atoms with Crippen LogP contribution in [-0.4, -0.2) is 105 Å². The van der Waals surface area contributed by atoms with E-state index in [1.807, 2.05) is 43.6 Å². The van der Waals surface area contributed by atoms with Crippen LogP contribution in [0.4, 0.5) is 4.79 Å². The summed E-state index contributed by atoms with van der Waals surface area (Å²) >= 11 is 1.43. The van der Waals surface area contributed by atoms with Gasteiger partial charge in [-0.25, -0.2) is 14.6 Å². The molecule has 3 aromatic heterocycles. The van der Waals surface area contributed by atoms with Gasteiger partial charge >= 0.3 is 12.1 Å². The van der Waals surface area contributed by atoms with Crippen molar-refractivity contribution in [2.75, 3.05) is 26.9 Å². The molecular formula is C35H43N7O8S. The minimum absolute atomic E-state index is 0.0478. The summed E-state index contributed by atoms with van der Waals surface area (Å²) in [4.78, 5) is 65.7. The van der Waals surface area contributed by atoms with E-state index in [4.69, 9.17) is 28.9 Å². The fraction of sp³-hybridized carbons (Fsp3) is 0.571. The molecule has 1 aliphatic carbocycles. The number of hydrogen-bond donors (Lipinski definition) is 2. The lowest BCUT2D eigenvalue weighted by atomic mass is 10.0. The van der Waals surface area contributed by atoms with Gasteiger partial charge in [0.25, 0.3) is 0 Å². The predicted molar refractivity (Wildman–Crippen MR) is 185 cm³/mol. The second-order valence-corrected chi connectivity index (χ2v) is 14.6. The quantitative estimate of drug-likeness (QED) is 0.283. The molecule has 7 rings (SSSR count). The Morgan fingerprint density at radius 1 is 1.16 bits per heavy atom. The third kappa shape index (κ3) is 7.29. The van der Waals surface area contributed by atoms with Crippen LogP contribution in [-0.2, 0) is 35.6 Å². The molecule has 6 heterocycles. The van der Waals surface area contributed by atoms with Crippen LogP contribution in [0.3, 0.4) is 0 Å². The molecule has 51 heavy (non-hydrogen) atoms. The Morgan fingerprint density at radius 3 is 2.78 bits per heavy atom. The monoisotopic (exact) mass is 721 g/mol. The molecule has 0 radical (unpaired) electrons. The molecule has 0 bridgehead atoms. The van der Waals surface area contributed by atoms with Crippen molar-refractivity contribution in [1.82, 2.24) is 35.3 Å². The molecule has 1 saturated carbocycles. The summed E-state index contributed by atoms with van der Waals surface area (Å²) in [7, 11) is 3.12. The zero-order chi connectivity index (χ0) is 35.7. The van der Waals surface area contributed by atoms with Crippen molar-refractivity contribution in [2.45, 2.75) is 88.1 Å². The lowest BCUT2D eigenvalue weighted by Crippen LogP contribution is -2.56. The van der Waals surface area contributed by atoms with E-state index in [-0.39, 0.29) is 25.0 Å². The minimum atomic E-state index is -1.22. The van der Waals surface area contributed by atoms with E-state index in [1.54, 1.807) is 4.68 Å². The first-order valence-electron chi connectivity index (χ1n) is 17.5. The van der Waals surface area contributed by atoms with Gasteiger partial charge in [-0.05, 0) is 50.1 Å². The summed E-state index contributed by atoms with van der Waals surface area (Å²) in [5.41, 5.74) is 1.01. The second-order valence-electron chi connectivity index (χ2n) is 13.7. The number of allylic oxidation sites excluding steroid dienone is 1. The number of methoxy groups -OCH3 is 1. The number of alkyl carbamates (subject to hydrolysis) is 1. The van der Waals surface area contributed by atoms with Crippen LogP contribution < -0.4 is 15.4 Å². The maximum Gasteiger partial charge on any atom is 0.408 e. The Bertz CT molecular complexity index is 1840. The standard InChI is InChI=1S/C35H43N7O8S/c1-20-15-26(41(2)40-20)29-36-24-12-14-51-28(24)31(38-29)49-23-16-27-30(43)39-35(33(45)47-3)17-21(35)9-7-5-4-6-8-10-25(32(44)42(27)18-23)37-34(46)50-22-11-13-48-19-22/h7,9,12,14-15,21-23,25,27H,4-6,8,10-11,13,16-19H2,1-3H3,(H,37,46)(H,39,43)/b9-7-/t21-,22-,23+,25-,27-,35+/m0/s1. The van der Waals surface area contributed by atoms with Gasteiger partial charge in [-0.1, -0.05) is 25.0 Å². The first-order chi connectivity index (χ1) is 24.6. The maximum atomic E-state index is 14.5. The van der Waals surface area contributed by atoms with Gasteiger partial charge in [-0.15, -0.1) is 11.3 Å². The van der Waals surface area contributed by atoms with E-state index in [2.05, 4.69) is 15.7 Å². The second kappa shape index (κ2) is 14.6. The molecule has 6 atom stereocenters. The van der Waals surface area contributed by atoms with Crippen LogP contribution in [0.15, 0.2) is 29.7 Å². The number of esters is 1. The molecule has 272 valence electrons. The van der Waals surface area contributed by atoms with Gasteiger partial charge in [0, 0.05) is 25.8 Å². The lowest BCUT2D eigenvalue weighted by Gasteiger charge is -2.29. The molecule has 0 unspecified atom stereocenters. The molecule has 3 fully saturated rings. The molecular weight excluding hydrogens is 678 g/mol. The van der Waals surface area contributed by atoms with Crippen LogP contribution in [0.2, 0.25) is 0 Å². The van der Waals surface area contributed by atoms with Crippen LogP contribution in [0.25, 0.3) is 21.7 Å². The highest BCUT2D eigenvalue weighted by molar-refractivity contribution is 7.17. The Morgan fingerprint density at radius 2 is 2.02 bits per heavy atom. The molecule has 3 amide bonds. The van der Waals surface area contributed by atoms with Crippen molar-refractivity contribution >= 4 is 45.4 Å². The summed E-state index contributed by atoms with van der Waals surface area (Å²) in [5, 5.41) is 12.1. The number of hydrogen-bond acceptors (Lipinski definition) is 12. The average Bonchev–Trinajstić information content (AvgIpc) is 3.68. The lowest BCUT2D eigenvalue weighted by molar-refractivity contribution is -0.148. The van der Waals surface area contributed by atoms with Crippen molar-refractivity contribution in [2.24, 2.45) is 13.0 Å². The number of nitrogens with zero attached hydrogens (tertiary/aromatic N) is 5. The number of fused-ring (bicyclic) bond motifs is 3. The Labute approximate surface area is 299 Å². The number of aryl methyl sites for hydroxylation is 2. The van der Waals surface area contributed by atoms with Crippen molar-refractivity contribution in [3.8, 4) is 17.4 Å². The number of aromatic nitrogens is 4. The van der Waals surface area contributed by atoms with E-state index in [0.717, 1.165) is 29.7 Å². The zero-order valence-electron chi connectivity index (χ0n) is 29.0. The smallest absolute Gasteiger partial charge is 0.408 e. The highest BCUT2D eigenvalue weighted by Crippen LogP contribution is 2.46. The number of ether oxygens (including phenoxy) is 4. The van der Waals surface area contributed by atoms with E-state index < -0.39 is 47.6 Å². The number of rotatable bonds is 6. The summed E-state index contributed by atoms with van der Waals surface area (Å²) in [5.74, 6) is -0.907. The number of carbonyl (C=O) groups excluding carboxylic acids is 4. The van der Waals surface area contributed by atoms with Gasteiger partial charge in [-0.2, -0.15) is 10.1 Å². The molecule has 3 aromatic rings. The fourth-order valence-corrected chi connectivity index (χ4v) is 8.02. The van der Waals surface area contributed by atoms with Gasteiger partial charge in [0.2, 0.25) is 17.7 Å². The summed E-state index contributed by atoms with van der Waals surface area (Å²) < 4.78 is 25.0. The number of carbonyl (C=O) groups is 4. The normalized spacial score (nSPS) is 28.9. The Kier molecular flexibility index (Phi) is 9.97. The minimum Gasteiger partial charge on any atom is -0.471 e. The number of thiophene rings is 1. The van der Waals surface area contributed by atoms with E-state index in [1.165, 1.54) is 23.3 Å². The predicted octanol–water partition coefficient (Wildman–Crippen LogP) is 3.20. The molecule has 2 saturated heterocycles. The molecule has 15 nitrogen and oxygen atoms in total. The molecule has 3 aliphatic heterocycles. The van der Waals surface area contributed by atoms with E-state index in [0.29, 0.717) is 61.8 Å². The van der Waals surface area contributed by atoms with Crippen LogP contribution >= 0.6 is 11.3 Å². The highest BCUT2D eigenvalue weighted by atomic mass is 32.1. The largest absolute Gasteiger partial charge is 0.471 e. The summed E-state index contributed by atoms with van der Waals surface area (Å²) in [6.45, 7) is 2.74. The van der Waals surface area contributed by atoms with Crippen molar-refractivity contribution < 1.29 is 38.1 Å². The number of nitrogens with one attached hydrogen (secondary N) is 2. The molecule has 4 aliphatic rings. The molecule has 2 N–H and O–H groups in total.